The zero-order valence-electron chi connectivity index (χ0n) is 12.1. The van der Waals surface area contributed by atoms with Crippen LogP contribution in [0, 0.1) is 5.92 Å². The van der Waals surface area contributed by atoms with Crippen molar-refractivity contribution in [2.75, 3.05) is 13.1 Å². The number of carboxylic acid groups (broad SMARTS) is 1. The first-order chi connectivity index (χ1) is 10.7. The Kier molecular flexibility index (Phi) is 4.24. The van der Waals surface area contributed by atoms with Gasteiger partial charge in [-0.15, -0.1) is 11.3 Å². The number of hydrogen-bond donors (Lipinski definition) is 1. The second-order valence-corrected chi connectivity index (χ2v) is 6.37. The Morgan fingerprint density at radius 2 is 1.95 bits per heavy atom. The number of amides is 1. The summed E-state index contributed by atoms with van der Waals surface area (Å²) in [6, 6.07) is 11.8. The molecule has 1 aromatic carbocycles. The first-order valence-corrected chi connectivity index (χ1v) is 8.20. The molecule has 1 N–H and O–H groups in total. The molecule has 0 spiro atoms. The van der Waals surface area contributed by atoms with Crippen LogP contribution in [0.25, 0.3) is 11.1 Å². The zero-order chi connectivity index (χ0) is 15.5. The normalized spacial score (nSPS) is 18.2. The Morgan fingerprint density at radius 3 is 2.68 bits per heavy atom. The number of aliphatic carboxylic acids is 1. The molecule has 1 saturated heterocycles. The number of rotatable bonds is 3. The highest BCUT2D eigenvalue weighted by atomic mass is 32.1. The largest absolute Gasteiger partial charge is 0.481 e. The summed E-state index contributed by atoms with van der Waals surface area (Å²) in [4.78, 5) is 26.3. The van der Waals surface area contributed by atoms with E-state index in [0.717, 1.165) is 17.5 Å². The molecule has 1 atom stereocenters. The quantitative estimate of drug-likeness (QED) is 0.945. The van der Waals surface area contributed by atoms with Crippen molar-refractivity contribution in [1.82, 2.24) is 4.90 Å². The topological polar surface area (TPSA) is 57.6 Å². The number of nitrogens with zero attached hydrogens (tertiary/aromatic N) is 1. The molecule has 5 heteroatoms. The average Bonchev–Trinajstić information content (AvgIpc) is 3.04. The van der Waals surface area contributed by atoms with Crippen LogP contribution in [0.2, 0.25) is 0 Å². The third-order valence-electron chi connectivity index (χ3n) is 4.00. The van der Waals surface area contributed by atoms with Crippen LogP contribution >= 0.6 is 11.3 Å². The van der Waals surface area contributed by atoms with E-state index in [1.165, 1.54) is 11.3 Å². The van der Waals surface area contributed by atoms with Crippen molar-refractivity contribution in [3.63, 3.8) is 0 Å². The lowest BCUT2D eigenvalue weighted by molar-refractivity contribution is -0.143. The van der Waals surface area contributed by atoms with Crippen molar-refractivity contribution in [3.8, 4) is 11.1 Å². The molecule has 114 valence electrons. The van der Waals surface area contributed by atoms with Crippen LogP contribution in [0.1, 0.15) is 22.5 Å². The molecular weight excluding hydrogens is 298 g/mol. The molecule has 0 unspecified atom stereocenters. The van der Waals surface area contributed by atoms with Gasteiger partial charge in [0, 0.05) is 18.7 Å². The maximum absolute atomic E-state index is 12.8. The van der Waals surface area contributed by atoms with E-state index in [-0.39, 0.29) is 5.91 Å². The molecule has 0 saturated carbocycles. The van der Waals surface area contributed by atoms with E-state index in [0.29, 0.717) is 24.4 Å². The summed E-state index contributed by atoms with van der Waals surface area (Å²) in [5.74, 6) is -1.32. The minimum Gasteiger partial charge on any atom is -0.481 e. The first kappa shape index (κ1) is 14.8. The molecule has 3 rings (SSSR count). The molecule has 1 aromatic heterocycles. The smallest absolute Gasteiger partial charge is 0.308 e. The Morgan fingerprint density at radius 1 is 1.18 bits per heavy atom. The zero-order valence-corrected chi connectivity index (χ0v) is 12.9. The molecular formula is C17H17NO3S. The highest BCUT2D eigenvalue weighted by molar-refractivity contribution is 7.12. The van der Waals surface area contributed by atoms with Gasteiger partial charge in [0.15, 0.2) is 0 Å². The summed E-state index contributed by atoms with van der Waals surface area (Å²) >= 11 is 1.42. The van der Waals surface area contributed by atoms with Crippen LogP contribution in [0.5, 0.6) is 0 Å². The van der Waals surface area contributed by atoms with E-state index in [4.69, 9.17) is 5.11 Å². The van der Waals surface area contributed by atoms with E-state index in [9.17, 15) is 9.59 Å². The third-order valence-corrected chi connectivity index (χ3v) is 4.90. The lowest BCUT2D eigenvalue weighted by Gasteiger charge is -2.30. The van der Waals surface area contributed by atoms with Gasteiger partial charge in [0.2, 0.25) is 0 Å². The van der Waals surface area contributed by atoms with E-state index in [1.54, 1.807) is 4.90 Å². The van der Waals surface area contributed by atoms with Crippen molar-refractivity contribution in [2.45, 2.75) is 12.8 Å². The highest BCUT2D eigenvalue weighted by Gasteiger charge is 2.30. The highest BCUT2D eigenvalue weighted by Crippen LogP contribution is 2.30. The van der Waals surface area contributed by atoms with Crippen LogP contribution in [0.3, 0.4) is 0 Å². The third kappa shape index (κ3) is 2.90. The van der Waals surface area contributed by atoms with Crippen LogP contribution in [0.15, 0.2) is 41.8 Å². The Bertz CT molecular complexity index is 680. The van der Waals surface area contributed by atoms with E-state index in [1.807, 2.05) is 41.8 Å². The van der Waals surface area contributed by atoms with Gasteiger partial charge in [-0.2, -0.15) is 0 Å². The summed E-state index contributed by atoms with van der Waals surface area (Å²) in [6.45, 7) is 0.940. The Hall–Kier alpha value is -2.14. The van der Waals surface area contributed by atoms with Gasteiger partial charge in [0.05, 0.1) is 10.8 Å². The molecule has 1 amide bonds. The first-order valence-electron chi connectivity index (χ1n) is 7.32. The molecule has 1 aliphatic rings. The minimum absolute atomic E-state index is 0.0557. The van der Waals surface area contributed by atoms with Gasteiger partial charge in [-0.25, -0.2) is 0 Å². The average molecular weight is 315 g/mol. The number of piperidine rings is 1. The maximum Gasteiger partial charge on any atom is 0.308 e. The Labute approximate surface area is 133 Å². The standard InChI is InChI=1S/C17H17NO3S/c19-16(18-9-4-7-13(11-18)17(20)21)15-14(8-10-22-15)12-5-2-1-3-6-12/h1-3,5-6,8,10,13H,4,7,9,11H2,(H,20,21)/t13-/m0/s1. The van der Waals surface area contributed by atoms with Gasteiger partial charge in [-0.05, 0) is 29.9 Å². The number of carbonyl (C=O) groups is 2. The number of benzene rings is 1. The van der Waals surface area contributed by atoms with E-state index >= 15 is 0 Å². The molecule has 2 aromatic rings. The number of carboxylic acids is 1. The fourth-order valence-electron chi connectivity index (χ4n) is 2.83. The molecule has 0 radical (unpaired) electrons. The molecule has 0 aliphatic carbocycles. The van der Waals surface area contributed by atoms with Gasteiger partial charge >= 0.3 is 5.97 Å². The van der Waals surface area contributed by atoms with Gasteiger partial charge in [-0.3, -0.25) is 9.59 Å². The molecule has 4 nitrogen and oxygen atoms in total. The molecule has 0 bridgehead atoms. The maximum atomic E-state index is 12.8. The number of carbonyl (C=O) groups excluding carboxylic acids is 1. The molecule has 22 heavy (non-hydrogen) atoms. The second-order valence-electron chi connectivity index (χ2n) is 5.46. The summed E-state index contributed by atoms with van der Waals surface area (Å²) in [7, 11) is 0. The van der Waals surface area contributed by atoms with E-state index < -0.39 is 11.9 Å². The van der Waals surface area contributed by atoms with Crippen LogP contribution in [-0.4, -0.2) is 35.0 Å². The van der Waals surface area contributed by atoms with Crippen molar-refractivity contribution in [1.29, 1.82) is 0 Å². The summed E-state index contributed by atoms with van der Waals surface area (Å²) in [6.07, 6.45) is 1.39. The molecule has 1 fully saturated rings. The van der Waals surface area contributed by atoms with E-state index in [2.05, 4.69) is 0 Å². The van der Waals surface area contributed by atoms with Crippen LogP contribution in [0.4, 0.5) is 0 Å². The molecule has 2 heterocycles. The van der Waals surface area contributed by atoms with Crippen LogP contribution < -0.4 is 0 Å². The Balaban J connectivity index is 1.84. The van der Waals surface area contributed by atoms with Crippen LogP contribution in [-0.2, 0) is 4.79 Å². The molecule has 1 aliphatic heterocycles. The fourth-order valence-corrected chi connectivity index (χ4v) is 3.71. The summed E-state index contributed by atoms with van der Waals surface area (Å²) in [5.41, 5.74) is 1.94. The van der Waals surface area contributed by atoms with Crippen molar-refractivity contribution in [3.05, 3.63) is 46.7 Å². The minimum atomic E-state index is -0.813. The van der Waals surface area contributed by atoms with Gasteiger partial charge in [-0.1, -0.05) is 30.3 Å². The number of thiophene rings is 1. The number of hydrogen-bond acceptors (Lipinski definition) is 3. The van der Waals surface area contributed by atoms with Gasteiger partial charge in [0.1, 0.15) is 0 Å². The van der Waals surface area contributed by atoms with Crippen molar-refractivity contribution in [2.24, 2.45) is 5.92 Å². The number of likely N-dealkylation sites (tertiary alicyclic amines) is 1. The lowest BCUT2D eigenvalue weighted by Crippen LogP contribution is -2.42. The van der Waals surface area contributed by atoms with Crippen molar-refractivity contribution >= 4 is 23.2 Å². The predicted octanol–water partition coefficient (Wildman–Crippen LogP) is 3.35. The van der Waals surface area contributed by atoms with Gasteiger partial charge < -0.3 is 10.0 Å². The summed E-state index contributed by atoms with van der Waals surface area (Å²) in [5, 5.41) is 11.1. The monoisotopic (exact) mass is 315 g/mol. The SMILES string of the molecule is O=C(O)[C@H]1CCCN(C(=O)c2sccc2-c2ccccc2)C1. The van der Waals surface area contributed by atoms with Gasteiger partial charge in [0.25, 0.3) is 5.91 Å². The summed E-state index contributed by atoms with van der Waals surface area (Å²) < 4.78 is 0. The second kappa shape index (κ2) is 6.32. The fraction of sp³-hybridized carbons (Fsp3) is 0.294. The predicted molar refractivity (Wildman–Crippen MR) is 86.0 cm³/mol. The van der Waals surface area contributed by atoms with Crippen molar-refractivity contribution < 1.29 is 14.7 Å². The lowest BCUT2D eigenvalue weighted by atomic mass is 9.97.